The van der Waals surface area contributed by atoms with Crippen LogP contribution in [0.25, 0.3) is 0 Å². The highest BCUT2D eigenvalue weighted by molar-refractivity contribution is 6.31. The molecule has 4 atom stereocenters. The minimum absolute atomic E-state index is 0.0763. The number of hydrogen-bond acceptors (Lipinski definition) is 3. The van der Waals surface area contributed by atoms with E-state index in [2.05, 4.69) is 31.7 Å². The number of benzene rings is 1. The molecule has 1 aliphatic heterocycles. The summed E-state index contributed by atoms with van der Waals surface area (Å²) in [4.78, 5) is 2.42. The zero-order valence-corrected chi connectivity index (χ0v) is 13.3. The molecule has 1 saturated heterocycles. The highest BCUT2D eigenvalue weighted by Crippen LogP contribution is 2.32. The first-order chi connectivity index (χ1) is 9.52. The zero-order chi connectivity index (χ0) is 14.7. The molecule has 4 heteroatoms. The third-order valence-electron chi connectivity index (χ3n) is 3.94. The van der Waals surface area contributed by atoms with Crippen LogP contribution in [0.1, 0.15) is 38.8 Å². The average molecular weight is 297 g/mol. The quantitative estimate of drug-likeness (QED) is 0.927. The summed E-state index contributed by atoms with van der Waals surface area (Å²) >= 11 is 6.40. The Morgan fingerprint density at radius 1 is 1.30 bits per heavy atom. The molecule has 0 bridgehead atoms. The molecule has 20 heavy (non-hydrogen) atoms. The Labute approximate surface area is 127 Å². The van der Waals surface area contributed by atoms with Crippen LogP contribution in [-0.2, 0) is 4.74 Å². The Kier molecular flexibility index (Phi) is 5.44. The van der Waals surface area contributed by atoms with Crippen LogP contribution in [-0.4, -0.2) is 36.2 Å². The third-order valence-corrected chi connectivity index (χ3v) is 4.29. The fourth-order valence-corrected chi connectivity index (χ4v) is 3.33. The molecular weight excluding hydrogens is 272 g/mol. The van der Waals surface area contributed by atoms with Crippen LogP contribution in [0.4, 0.5) is 0 Å². The van der Waals surface area contributed by atoms with E-state index in [-0.39, 0.29) is 24.3 Å². The Bertz CT molecular complexity index is 430. The summed E-state index contributed by atoms with van der Waals surface area (Å²) in [6.07, 6.45) is 1.39. The van der Waals surface area contributed by atoms with E-state index in [1.165, 1.54) is 0 Å². The molecule has 0 saturated carbocycles. The van der Waals surface area contributed by atoms with Crippen molar-refractivity contribution in [2.45, 2.75) is 51.5 Å². The first-order valence-electron chi connectivity index (χ1n) is 7.42. The van der Waals surface area contributed by atoms with E-state index >= 15 is 0 Å². The number of morpholine rings is 1. The third kappa shape index (κ3) is 3.53. The van der Waals surface area contributed by atoms with Crippen LogP contribution in [0.5, 0.6) is 0 Å². The van der Waals surface area contributed by atoms with E-state index in [9.17, 15) is 0 Å². The van der Waals surface area contributed by atoms with Crippen LogP contribution in [0.15, 0.2) is 24.3 Å². The fourth-order valence-electron chi connectivity index (χ4n) is 3.08. The van der Waals surface area contributed by atoms with Gasteiger partial charge in [0.2, 0.25) is 0 Å². The van der Waals surface area contributed by atoms with Gasteiger partial charge in [0, 0.05) is 24.2 Å². The second-order valence-electron chi connectivity index (χ2n) is 5.75. The highest BCUT2D eigenvalue weighted by Gasteiger charge is 2.32. The van der Waals surface area contributed by atoms with Gasteiger partial charge in [-0.05, 0) is 31.9 Å². The molecule has 0 spiro atoms. The van der Waals surface area contributed by atoms with Gasteiger partial charge in [-0.2, -0.15) is 0 Å². The van der Waals surface area contributed by atoms with Gasteiger partial charge in [0.05, 0.1) is 18.2 Å². The number of nitrogens with zero attached hydrogens (tertiary/aromatic N) is 1. The summed E-state index contributed by atoms with van der Waals surface area (Å²) in [6, 6.07) is 8.26. The molecule has 112 valence electrons. The Morgan fingerprint density at radius 3 is 2.45 bits per heavy atom. The van der Waals surface area contributed by atoms with Crippen molar-refractivity contribution < 1.29 is 4.74 Å². The molecule has 3 nitrogen and oxygen atoms in total. The maximum Gasteiger partial charge on any atom is 0.0678 e. The van der Waals surface area contributed by atoms with Gasteiger partial charge < -0.3 is 10.5 Å². The predicted molar refractivity (Wildman–Crippen MR) is 84.0 cm³/mol. The number of nitrogens with two attached hydrogens (primary N) is 1. The minimum Gasteiger partial charge on any atom is -0.373 e. The normalized spacial score (nSPS) is 27.2. The lowest BCUT2D eigenvalue weighted by Crippen LogP contribution is -2.51. The SMILES string of the molecule is CCC(N)C(c1ccccc1Cl)N1CC(C)OC(C)C1. The molecule has 0 radical (unpaired) electrons. The zero-order valence-electron chi connectivity index (χ0n) is 12.6. The summed E-state index contributed by atoms with van der Waals surface area (Å²) in [7, 11) is 0. The van der Waals surface area contributed by atoms with E-state index in [4.69, 9.17) is 22.1 Å². The lowest BCUT2D eigenvalue weighted by Gasteiger charge is -2.42. The molecule has 1 aliphatic rings. The molecule has 1 heterocycles. The van der Waals surface area contributed by atoms with Crippen LogP contribution in [0, 0.1) is 0 Å². The van der Waals surface area contributed by atoms with Crippen molar-refractivity contribution in [3.8, 4) is 0 Å². The smallest absolute Gasteiger partial charge is 0.0678 e. The molecule has 0 amide bonds. The van der Waals surface area contributed by atoms with Crippen molar-refractivity contribution in [1.82, 2.24) is 4.90 Å². The molecule has 1 aromatic rings. The molecule has 0 aromatic heterocycles. The molecule has 0 aliphatic carbocycles. The van der Waals surface area contributed by atoms with Crippen LogP contribution in [0.2, 0.25) is 5.02 Å². The molecule has 1 fully saturated rings. The molecule has 2 N–H and O–H groups in total. The van der Waals surface area contributed by atoms with Crippen LogP contribution >= 0.6 is 11.6 Å². The molecule has 2 rings (SSSR count). The summed E-state index contributed by atoms with van der Waals surface area (Å²) in [5.41, 5.74) is 7.53. The Morgan fingerprint density at radius 2 is 1.90 bits per heavy atom. The van der Waals surface area contributed by atoms with Crippen molar-refractivity contribution in [2.24, 2.45) is 5.73 Å². The maximum atomic E-state index is 6.40. The summed E-state index contributed by atoms with van der Waals surface area (Å²) in [6.45, 7) is 8.15. The maximum absolute atomic E-state index is 6.40. The van der Waals surface area contributed by atoms with E-state index in [1.54, 1.807) is 0 Å². The van der Waals surface area contributed by atoms with Gasteiger partial charge in [-0.15, -0.1) is 0 Å². The fraction of sp³-hybridized carbons (Fsp3) is 0.625. The van der Waals surface area contributed by atoms with Gasteiger partial charge in [-0.25, -0.2) is 0 Å². The van der Waals surface area contributed by atoms with E-state index in [0.29, 0.717) is 0 Å². The van der Waals surface area contributed by atoms with Gasteiger partial charge in [0.25, 0.3) is 0 Å². The van der Waals surface area contributed by atoms with Crippen LogP contribution < -0.4 is 5.73 Å². The number of halogens is 1. The van der Waals surface area contributed by atoms with E-state index in [0.717, 1.165) is 30.1 Å². The monoisotopic (exact) mass is 296 g/mol. The second-order valence-corrected chi connectivity index (χ2v) is 6.16. The second kappa shape index (κ2) is 6.90. The standard InChI is InChI=1S/C16H25ClN2O/c1-4-15(18)16(13-7-5-6-8-14(13)17)19-9-11(2)20-12(3)10-19/h5-8,11-12,15-16H,4,9-10,18H2,1-3H3. The lowest BCUT2D eigenvalue weighted by atomic mass is 9.95. The predicted octanol–water partition coefficient (Wildman–Crippen LogP) is 3.23. The van der Waals surface area contributed by atoms with Crippen molar-refractivity contribution >= 4 is 11.6 Å². The van der Waals surface area contributed by atoms with Gasteiger partial charge in [0.1, 0.15) is 0 Å². The summed E-state index contributed by atoms with van der Waals surface area (Å²) in [5, 5.41) is 0.799. The molecular formula is C16H25ClN2O. The number of ether oxygens (including phenoxy) is 1. The van der Waals surface area contributed by atoms with Crippen molar-refractivity contribution in [2.75, 3.05) is 13.1 Å². The van der Waals surface area contributed by atoms with E-state index < -0.39 is 0 Å². The number of hydrogen-bond donors (Lipinski definition) is 1. The first-order valence-corrected chi connectivity index (χ1v) is 7.80. The number of rotatable bonds is 4. The van der Waals surface area contributed by atoms with Gasteiger partial charge >= 0.3 is 0 Å². The van der Waals surface area contributed by atoms with E-state index in [1.807, 2.05) is 18.2 Å². The first kappa shape index (κ1) is 15.8. The highest BCUT2D eigenvalue weighted by atomic mass is 35.5. The Hall–Kier alpha value is -0.610. The van der Waals surface area contributed by atoms with Crippen molar-refractivity contribution in [1.29, 1.82) is 0 Å². The topological polar surface area (TPSA) is 38.5 Å². The molecule has 1 aromatic carbocycles. The molecule has 4 unspecified atom stereocenters. The lowest BCUT2D eigenvalue weighted by molar-refractivity contribution is -0.0838. The van der Waals surface area contributed by atoms with Gasteiger partial charge in [0.15, 0.2) is 0 Å². The van der Waals surface area contributed by atoms with Crippen molar-refractivity contribution in [3.63, 3.8) is 0 Å². The average Bonchev–Trinajstić information content (AvgIpc) is 2.40. The Balaban J connectivity index is 2.30. The van der Waals surface area contributed by atoms with Gasteiger partial charge in [-0.1, -0.05) is 36.7 Å². The van der Waals surface area contributed by atoms with Gasteiger partial charge in [-0.3, -0.25) is 4.90 Å². The largest absolute Gasteiger partial charge is 0.373 e. The van der Waals surface area contributed by atoms with Crippen molar-refractivity contribution in [3.05, 3.63) is 34.9 Å². The minimum atomic E-state index is 0.0763. The summed E-state index contributed by atoms with van der Waals surface area (Å²) in [5.74, 6) is 0. The summed E-state index contributed by atoms with van der Waals surface area (Å²) < 4.78 is 5.83. The van der Waals surface area contributed by atoms with Crippen LogP contribution in [0.3, 0.4) is 0 Å².